The number of hydrogen-bond donors (Lipinski definition) is 0. The second-order valence-electron chi connectivity index (χ2n) is 9.43. The van der Waals surface area contributed by atoms with Gasteiger partial charge in [-0.3, -0.25) is 19.2 Å². The number of amides is 2. The maximum Gasteiger partial charge on any atom is 0.240 e. The third-order valence-electron chi connectivity index (χ3n) is 7.31. The fourth-order valence-corrected chi connectivity index (χ4v) is 5.87. The highest BCUT2D eigenvalue weighted by Crippen LogP contribution is 2.47. The van der Waals surface area contributed by atoms with Crippen molar-refractivity contribution in [2.45, 2.75) is 12.1 Å². The SMILES string of the molecule is O=C(C1=C[C@@H]2[C@@H]3C(=O)N(c4cccc(F)c4)C(=O)[C@H]3[C@@H](C(=O)c3ccc(Br)cc3)N2C=C1)c1ccccc1. The van der Waals surface area contributed by atoms with E-state index in [4.69, 9.17) is 0 Å². The summed E-state index contributed by atoms with van der Waals surface area (Å²) in [7, 11) is 0. The summed E-state index contributed by atoms with van der Waals surface area (Å²) in [6, 6.07) is 19.1. The number of carbonyl (C=O) groups is 4. The first kappa shape index (κ1) is 24.2. The molecule has 6 nitrogen and oxygen atoms in total. The summed E-state index contributed by atoms with van der Waals surface area (Å²) < 4.78 is 14.8. The van der Waals surface area contributed by atoms with Crippen LogP contribution in [0.3, 0.4) is 0 Å². The van der Waals surface area contributed by atoms with Gasteiger partial charge >= 0.3 is 0 Å². The first-order valence-corrected chi connectivity index (χ1v) is 12.8. The highest BCUT2D eigenvalue weighted by atomic mass is 79.9. The number of imide groups is 1. The second-order valence-corrected chi connectivity index (χ2v) is 10.3. The number of ketones is 2. The molecular weight excluding hydrogens is 551 g/mol. The number of Topliss-reactive ketones (excluding diaryl/α,β-unsaturated/α-hetero) is 2. The number of benzene rings is 3. The van der Waals surface area contributed by atoms with Gasteiger partial charge in [-0.1, -0.05) is 70.5 Å². The molecule has 0 N–H and O–H groups in total. The smallest absolute Gasteiger partial charge is 0.240 e. The largest absolute Gasteiger partial charge is 0.359 e. The molecule has 0 aliphatic carbocycles. The average molecular weight is 571 g/mol. The predicted molar refractivity (Wildman–Crippen MR) is 142 cm³/mol. The normalized spacial score (nSPS) is 23.8. The van der Waals surface area contributed by atoms with Crippen molar-refractivity contribution < 1.29 is 23.6 Å². The van der Waals surface area contributed by atoms with Crippen LogP contribution in [-0.2, 0) is 9.59 Å². The Hall–Kier alpha value is -4.17. The first-order valence-electron chi connectivity index (χ1n) is 12.1. The molecule has 0 aromatic heterocycles. The molecule has 38 heavy (non-hydrogen) atoms. The van der Waals surface area contributed by atoms with Gasteiger partial charge in [0.15, 0.2) is 11.6 Å². The van der Waals surface area contributed by atoms with E-state index in [1.54, 1.807) is 71.8 Å². The zero-order valence-electron chi connectivity index (χ0n) is 19.8. The summed E-state index contributed by atoms with van der Waals surface area (Å²) in [5.41, 5.74) is 1.37. The summed E-state index contributed by atoms with van der Waals surface area (Å²) in [6.45, 7) is 0. The van der Waals surface area contributed by atoms with Gasteiger partial charge in [-0.15, -0.1) is 0 Å². The third kappa shape index (κ3) is 3.83. The summed E-state index contributed by atoms with van der Waals surface area (Å²) in [5.74, 6) is -4.12. The van der Waals surface area contributed by atoms with Gasteiger partial charge in [-0.25, -0.2) is 9.29 Å². The van der Waals surface area contributed by atoms with Crippen molar-refractivity contribution in [3.05, 3.63) is 124 Å². The van der Waals surface area contributed by atoms with Gasteiger partial charge in [-0.2, -0.15) is 0 Å². The van der Waals surface area contributed by atoms with Crippen LogP contribution in [0.25, 0.3) is 0 Å². The van der Waals surface area contributed by atoms with E-state index in [9.17, 15) is 23.6 Å². The van der Waals surface area contributed by atoms with Gasteiger partial charge in [-0.05, 0) is 36.4 Å². The average Bonchev–Trinajstić information content (AvgIpc) is 3.40. The molecule has 3 aliphatic rings. The number of carbonyl (C=O) groups excluding carboxylic acids is 4. The number of hydrogen-bond acceptors (Lipinski definition) is 5. The fraction of sp³-hybridized carbons (Fsp3) is 0.133. The molecule has 3 heterocycles. The Bertz CT molecular complexity index is 1550. The van der Waals surface area contributed by atoms with E-state index >= 15 is 0 Å². The number of halogens is 2. The van der Waals surface area contributed by atoms with Gasteiger partial charge < -0.3 is 4.90 Å². The van der Waals surface area contributed by atoms with E-state index in [0.717, 1.165) is 15.4 Å². The van der Waals surface area contributed by atoms with Crippen molar-refractivity contribution in [1.82, 2.24) is 4.90 Å². The van der Waals surface area contributed by atoms with Gasteiger partial charge in [0.25, 0.3) is 0 Å². The number of rotatable bonds is 5. The molecule has 3 aliphatic heterocycles. The van der Waals surface area contributed by atoms with Gasteiger partial charge in [0.2, 0.25) is 11.8 Å². The van der Waals surface area contributed by atoms with Crippen molar-refractivity contribution in [3.8, 4) is 0 Å². The third-order valence-corrected chi connectivity index (χ3v) is 7.84. The van der Waals surface area contributed by atoms with E-state index in [2.05, 4.69) is 15.9 Å². The molecule has 3 aromatic carbocycles. The van der Waals surface area contributed by atoms with Crippen LogP contribution in [0.5, 0.6) is 0 Å². The molecule has 2 amide bonds. The van der Waals surface area contributed by atoms with Gasteiger partial charge in [0, 0.05) is 27.4 Å². The monoisotopic (exact) mass is 570 g/mol. The molecule has 2 fully saturated rings. The lowest BCUT2D eigenvalue weighted by atomic mass is 9.85. The fourth-order valence-electron chi connectivity index (χ4n) is 5.61. The molecule has 188 valence electrons. The number of anilines is 1. The lowest BCUT2D eigenvalue weighted by Crippen LogP contribution is -2.46. The summed E-state index contributed by atoms with van der Waals surface area (Å²) in [6.07, 6.45) is 4.92. The predicted octanol–water partition coefficient (Wildman–Crippen LogP) is 4.97. The van der Waals surface area contributed by atoms with E-state index in [1.165, 1.54) is 18.2 Å². The summed E-state index contributed by atoms with van der Waals surface area (Å²) >= 11 is 3.37. The van der Waals surface area contributed by atoms with Crippen molar-refractivity contribution in [2.75, 3.05) is 4.90 Å². The van der Waals surface area contributed by atoms with Crippen LogP contribution in [-0.4, -0.2) is 40.4 Å². The van der Waals surface area contributed by atoms with Crippen LogP contribution >= 0.6 is 15.9 Å². The van der Waals surface area contributed by atoms with E-state index in [1.807, 2.05) is 6.07 Å². The topological polar surface area (TPSA) is 74.8 Å². The minimum Gasteiger partial charge on any atom is -0.359 e. The van der Waals surface area contributed by atoms with Crippen LogP contribution in [0.1, 0.15) is 20.7 Å². The minimum atomic E-state index is -1.00. The number of nitrogens with zero attached hydrogens (tertiary/aromatic N) is 2. The Morgan fingerprint density at radius 1 is 0.816 bits per heavy atom. The van der Waals surface area contributed by atoms with E-state index in [0.29, 0.717) is 16.7 Å². The van der Waals surface area contributed by atoms with Crippen LogP contribution in [0, 0.1) is 17.7 Å². The maximum absolute atomic E-state index is 14.0. The van der Waals surface area contributed by atoms with Crippen LogP contribution < -0.4 is 4.90 Å². The number of allylic oxidation sites excluding steroid dienone is 2. The van der Waals surface area contributed by atoms with Gasteiger partial charge in [0.05, 0.1) is 23.6 Å². The second kappa shape index (κ2) is 9.29. The van der Waals surface area contributed by atoms with Crippen LogP contribution in [0.4, 0.5) is 10.1 Å². The lowest BCUT2D eigenvalue weighted by molar-refractivity contribution is -0.123. The molecule has 4 atom stereocenters. The Morgan fingerprint density at radius 2 is 1.53 bits per heavy atom. The zero-order chi connectivity index (χ0) is 26.6. The van der Waals surface area contributed by atoms with Crippen LogP contribution in [0.15, 0.2) is 107 Å². The lowest BCUT2D eigenvalue weighted by Gasteiger charge is -2.32. The maximum atomic E-state index is 14.0. The highest BCUT2D eigenvalue weighted by molar-refractivity contribution is 9.10. The van der Waals surface area contributed by atoms with Gasteiger partial charge in [0.1, 0.15) is 11.9 Å². The summed E-state index contributed by atoms with van der Waals surface area (Å²) in [5, 5.41) is 0. The Balaban J connectivity index is 1.44. The number of fused-ring (bicyclic) bond motifs is 3. The molecule has 0 saturated carbocycles. The van der Waals surface area contributed by atoms with Crippen molar-refractivity contribution in [3.63, 3.8) is 0 Å². The van der Waals surface area contributed by atoms with Crippen molar-refractivity contribution in [2.24, 2.45) is 11.8 Å². The standard InChI is InChI=1S/C30H20BrFN2O4/c31-20-11-9-18(10-12-20)28(36)26-25-24(29(37)34(30(25)38)22-8-4-7-21(32)16-22)23-15-19(13-14-33(23)26)27(35)17-5-2-1-3-6-17/h1-16,23-26H/t23-,24+,25-,26+/m1/s1. The Labute approximate surface area is 226 Å². The molecule has 0 spiro atoms. The molecular formula is C30H20BrFN2O4. The molecule has 2 saturated heterocycles. The highest BCUT2D eigenvalue weighted by Gasteiger charge is 2.63. The summed E-state index contributed by atoms with van der Waals surface area (Å²) in [4.78, 5) is 57.2. The first-order chi connectivity index (χ1) is 18.3. The van der Waals surface area contributed by atoms with E-state index < -0.39 is 41.6 Å². The van der Waals surface area contributed by atoms with Crippen LogP contribution in [0.2, 0.25) is 0 Å². The molecule has 3 aromatic rings. The van der Waals surface area contributed by atoms with Crippen molar-refractivity contribution >= 4 is 45.0 Å². The Kier molecular flexibility index (Phi) is 5.91. The molecule has 6 rings (SSSR count). The molecule has 0 unspecified atom stereocenters. The zero-order valence-corrected chi connectivity index (χ0v) is 21.4. The molecule has 0 radical (unpaired) electrons. The van der Waals surface area contributed by atoms with E-state index in [-0.39, 0.29) is 17.3 Å². The van der Waals surface area contributed by atoms with Crippen molar-refractivity contribution in [1.29, 1.82) is 0 Å². The molecule has 8 heteroatoms. The quantitative estimate of drug-likeness (QED) is 0.320. The molecule has 0 bridgehead atoms. The Morgan fingerprint density at radius 3 is 2.24 bits per heavy atom. The minimum absolute atomic E-state index is 0.117.